The maximum atomic E-state index is 5.82. The highest BCUT2D eigenvalue weighted by Gasteiger charge is 2.23. The van der Waals surface area contributed by atoms with E-state index in [1.807, 2.05) is 38.4 Å². The Morgan fingerprint density at radius 2 is 2.16 bits per heavy atom. The van der Waals surface area contributed by atoms with Crippen LogP contribution in [0.1, 0.15) is 18.4 Å². The predicted octanol–water partition coefficient (Wildman–Crippen LogP) is 3.03. The Balaban J connectivity index is 1.95. The molecule has 0 amide bonds. The van der Waals surface area contributed by atoms with Crippen LogP contribution >= 0.6 is 0 Å². The summed E-state index contributed by atoms with van der Waals surface area (Å²) in [5.74, 6) is 1.55. The Morgan fingerprint density at radius 1 is 1.32 bits per heavy atom. The molecule has 0 bridgehead atoms. The second-order valence-corrected chi connectivity index (χ2v) is 4.82. The monoisotopic (exact) mass is 255 g/mol. The lowest BCUT2D eigenvalue weighted by atomic mass is 10.1. The second kappa shape index (κ2) is 4.88. The Labute approximate surface area is 112 Å². The van der Waals surface area contributed by atoms with E-state index in [-0.39, 0.29) is 0 Å². The summed E-state index contributed by atoms with van der Waals surface area (Å²) in [6.45, 7) is 2.02. The average molecular weight is 255 g/mol. The molecule has 3 rings (SSSR count). The number of aromatic nitrogens is 2. The topological polar surface area (TPSA) is 47.0 Å². The fraction of sp³-hybridized carbons (Fsp3) is 0.333. The van der Waals surface area contributed by atoms with E-state index in [1.165, 1.54) is 12.8 Å². The van der Waals surface area contributed by atoms with Crippen molar-refractivity contribution in [3.63, 3.8) is 0 Å². The van der Waals surface area contributed by atoms with Gasteiger partial charge < -0.3 is 10.1 Å². The van der Waals surface area contributed by atoms with Gasteiger partial charge in [-0.05, 0) is 37.5 Å². The van der Waals surface area contributed by atoms with Crippen LogP contribution in [-0.4, -0.2) is 23.1 Å². The molecule has 0 aliphatic heterocycles. The predicted molar refractivity (Wildman–Crippen MR) is 75.4 cm³/mol. The van der Waals surface area contributed by atoms with Crippen LogP contribution in [0.4, 0.5) is 5.95 Å². The van der Waals surface area contributed by atoms with Crippen LogP contribution in [0.25, 0.3) is 11.3 Å². The summed E-state index contributed by atoms with van der Waals surface area (Å²) in [7, 11) is 1.82. The fourth-order valence-electron chi connectivity index (χ4n) is 1.95. The molecule has 98 valence electrons. The summed E-state index contributed by atoms with van der Waals surface area (Å²) in [4.78, 5) is 8.73. The zero-order valence-corrected chi connectivity index (χ0v) is 11.2. The lowest BCUT2D eigenvalue weighted by Gasteiger charge is -2.09. The molecular formula is C15H17N3O. The van der Waals surface area contributed by atoms with Crippen molar-refractivity contribution < 1.29 is 4.74 Å². The van der Waals surface area contributed by atoms with Gasteiger partial charge in [-0.25, -0.2) is 9.97 Å². The van der Waals surface area contributed by atoms with E-state index in [0.717, 1.165) is 22.6 Å². The molecule has 0 radical (unpaired) electrons. The van der Waals surface area contributed by atoms with Crippen molar-refractivity contribution in [1.82, 2.24) is 9.97 Å². The molecule has 19 heavy (non-hydrogen) atoms. The Morgan fingerprint density at radius 3 is 2.89 bits per heavy atom. The number of ether oxygens (including phenoxy) is 1. The maximum absolute atomic E-state index is 5.82. The van der Waals surface area contributed by atoms with Crippen molar-refractivity contribution in [2.24, 2.45) is 0 Å². The third-order valence-corrected chi connectivity index (χ3v) is 3.13. The Hall–Kier alpha value is -2.10. The minimum absolute atomic E-state index is 0.412. The first-order valence-corrected chi connectivity index (χ1v) is 6.55. The van der Waals surface area contributed by atoms with Gasteiger partial charge in [-0.15, -0.1) is 0 Å². The SMILES string of the molecule is CNc1ncc(C)c(-c2cccc(OC3CC3)c2)n1. The van der Waals surface area contributed by atoms with Gasteiger partial charge in [0, 0.05) is 18.8 Å². The standard InChI is InChI=1S/C15H17N3O/c1-10-9-17-15(16-2)18-14(10)11-4-3-5-13(8-11)19-12-6-7-12/h3-5,8-9,12H,6-7H2,1-2H3,(H,16,17,18). The van der Waals surface area contributed by atoms with Gasteiger partial charge in [0.1, 0.15) is 5.75 Å². The molecule has 1 aliphatic carbocycles. The number of benzene rings is 1. The molecule has 1 aliphatic rings. The normalized spacial score (nSPS) is 14.2. The van der Waals surface area contributed by atoms with Crippen molar-refractivity contribution in [3.8, 4) is 17.0 Å². The van der Waals surface area contributed by atoms with Crippen LogP contribution in [0.3, 0.4) is 0 Å². The lowest BCUT2D eigenvalue weighted by molar-refractivity contribution is 0.303. The Bertz CT molecular complexity index is 594. The lowest BCUT2D eigenvalue weighted by Crippen LogP contribution is -2.00. The van der Waals surface area contributed by atoms with E-state index < -0.39 is 0 Å². The van der Waals surface area contributed by atoms with Crippen molar-refractivity contribution in [2.45, 2.75) is 25.9 Å². The van der Waals surface area contributed by atoms with Crippen molar-refractivity contribution in [1.29, 1.82) is 0 Å². The van der Waals surface area contributed by atoms with Gasteiger partial charge in [-0.2, -0.15) is 0 Å². The molecule has 1 aromatic carbocycles. The maximum Gasteiger partial charge on any atom is 0.222 e. The molecular weight excluding hydrogens is 238 g/mol. The quantitative estimate of drug-likeness (QED) is 0.912. The summed E-state index contributed by atoms with van der Waals surface area (Å²) in [5, 5.41) is 2.97. The van der Waals surface area contributed by atoms with E-state index in [0.29, 0.717) is 12.1 Å². The molecule has 1 fully saturated rings. The highest BCUT2D eigenvalue weighted by Crippen LogP contribution is 2.30. The van der Waals surface area contributed by atoms with Crippen LogP contribution in [0, 0.1) is 6.92 Å². The van der Waals surface area contributed by atoms with Crippen LogP contribution in [0.2, 0.25) is 0 Å². The number of aryl methyl sites for hydroxylation is 1. The van der Waals surface area contributed by atoms with Crippen LogP contribution in [-0.2, 0) is 0 Å². The molecule has 0 spiro atoms. The molecule has 2 aromatic rings. The summed E-state index contributed by atoms with van der Waals surface area (Å²) in [6, 6.07) is 8.10. The highest BCUT2D eigenvalue weighted by atomic mass is 16.5. The van der Waals surface area contributed by atoms with E-state index >= 15 is 0 Å². The number of hydrogen-bond acceptors (Lipinski definition) is 4. The first-order valence-electron chi connectivity index (χ1n) is 6.55. The van der Waals surface area contributed by atoms with Gasteiger partial charge in [0.05, 0.1) is 11.8 Å². The summed E-state index contributed by atoms with van der Waals surface area (Å²) in [6.07, 6.45) is 4.58. The molecule has 0 saturated heterocycles. The minimum atomic E-state index is 0.412. The number of anilines is 1. The van der Waals surface area contributed by atoms with E-state index in [2.05, 4.69) is 21.4 Å². The number of rotatable bonds is 4. The molecule has 1 saturated carbocycles. The van der Waals surface area contributed by atoms with Crippen LogP contribution < -0.4 is 10.1 Å². The zero-order valence-electron chi connectivity index (χ0n) is 11.2. The van der Waals surface area contributed by atoms with Crippen molar-refractivity contribution in [3.05, 3.63) is 36.0 Å². The van der Waals surface area contributed by atoms with Gasteiger partial charge >= 0.3 is 0 Å². The molecule has 4 heteroatoms. The third kappa shape index (κ3) is 2.67. The first-order chi connectivity index (χ1) is 9.26. The molecule has 4 nitrogen and oxygen atoms in total. The van der Waals surface area contributed by atoms with E-state index in [4.69, 9.17) is 4.74 Å². The van der Waals surface area contributed by atoms with Crippen LogP contribution in [0.15, 0.2) is 30.5 Å². The second-order valence-electron chi connectivity index (χ2n) is 4.82. The Kier molecular flexibility index (Phi) is 3.07. The first kappa shape index (κ1) is 12.0. The molecule has 0 atom stereocenters. The van der Waals surface area contributed by atoms with Gasteiger partial charge in [0.15, 0.2) is 0 Å². The van der Waals surface area contributed by atoms with E-state index in [9.17, 15) is 0 Å². The molecule has 0 unspecified atom stereocenters. The van der Waals surface area contributed by atoms with Crippen molar-refractivity contribution >= 4 is 5.95 Å². The number of nitrogens with one attached hydrogen (secondary N) is 1. The smallest absolute Gasteiger partial charge is 0.222 e. The molecule has 1 heterocycles. The highest BCUT2D eigenvalue weighted by molar-refractivity contribution is 5.65. The summed E-state index contributed by atoms with van der Waals surface area (Å²) >= 11 is 0. The largest absolute Gasteiger partial charge is 0.490 e. The van der Waals surface area contributed by atoms with Crippen LogP contribution in [0.5, 0.6) is 5.75 Å². The number of hydrogen-bond donors (Lipinski definition) is 1. The zero-order chi connectivity index (χ0) is 13.2. The minimum Gasteiger partial charge on any atom is -0.490 e. The molecule has 1 aromatic heterocycles. The van der Waals surface area contributed by atoms with Gasteiger partial charge in [-0.1, -0.05) is 12.1 Å². The third-order valence-electron chi connectivity index (χ3n) is 3.13. The number of nitrogens with zero attached hydrogens (tertiary/aromatic N) is 2. The van der Waals surface area contributed by atoms with Crippen molar-refractivity contribution in [2.75, 3.05) is 12.4 Å². The van der Waals surface area contributed by atoms with Gasteiger partial charge in [0.25, 0.3) is 0 Å². The summed E-state index contributed by atoms with van der Waals surface area (Å²) < 4.78 is 5.82. The van der Waals surface area contributed by atoms with Gasteiger partial charge in [-0.3, -0.25) is 0 Å². The fourth-order valence-corrected chi connectivity index (χ4v) is 1.95. The average Bonchev–Trinajstić information content (AvgIpc) is 3.23. The van der Waals surface area contributed by atoms with E-state index in [1.54, 1.807) is 0 Å². The summed E-state index contributed by atoms with van der Waals surface area (Å²) in [5.41, 5.74) is 3.07. The molecule has 1 N–H and O–H groups in total. The van der Waals surface area contributed by atoms with Gasteiger partial charge in [0.2, 0.25) is 5.95 Å².